The first-order chi connectivity index (χ1) is 8.71. The van der Waals surface area contributed by atoms with Crippen LogP contribution in [-0.4, -0.2) is 54.9 Å². The molecule has 0 amide bonds. The molecule has 2 aliphatic heterocycles. The van der Waals surface area contributed by atoms with Crippen molar-refractivity contribution in [2.75, 3.05) is 19.8 Å². The fraction of sp³-hybridized carbons (Fsp3) is 0.917. The van der Waals surface area contributed by atoms with E-state index in [-0.39, 0.29) is 0 Å². The van der Waals surface area contributed by atoms with Crippen LogP contribution in [0.15, 0.2) is 0 Å². The van der Waals surface area contributed by atoms with Gasteiger partial charge in [-0.2, -0.15) is 0 Å². The molecule has 0 aromatic heterocycles. The molecule has 0 aromatic carbocycles. The lowest BCUT2D eigenvalue weighted by molar-refractivity contribution is -0.139. The van der Waals surface area contributed by atoms with Crippen LogP contribution < -0.4 is 0 Å². The highest BCUT2D eigenvalue weighted by atomic mass is 32.2. The zero-order chi connectivity index (χ0) is 14.3. The monoisotopic (exact) mass is 292 g/mol. The Morgan fingerprint density at radius 1 is 1.37 bits per heavy atom. The molecule has 1 N–H and O–H groups in total. The minimum atomic E-state index is -3.76. The number of hydrogen-bond donors (Lipinski definition) is 1. The average molecular weight is 292 g/mol. The first-order valence-corrected chi connectivity index (χ1v) is 7.94. The van der Waals surface area contributed by atoms with Crippen LogP contribution in [0.1, 0.15) is 33.1 Å². The van der Waals surface area contributed by atoms with Gasteiger partial charge in [-0.3, -0.25) is 4.79 Å². The van der Waals surface area contributed by atoms with Crippen LogP contribution in [0, 0.1) is 0 Å². The van der Waals surface area contributed by atoms with Gasteiger partial charge in [0.25, 0.3) is 0 Å². The van der Waals surface area contributed by atoms with Gasteiger partial charge in [0.05, 0.1) is 17.5 Å². The quantitative estimate of drug-likeness (QED) is 0.819. The second-order valence-electron chi connectivity index (χ2n) is 5.81. The van der Waals surface area contributed by atoms with Gasteiger partial charge in [-0.05, 0) is 26.7 Å². The van der Waals surface area contributed by atoms with E-state index in [0.717, 1.165) is 0 Å². The van der Waals surface area contributed by atoms with Crippen molar-refractivity contribution in [2.24, 2.45) is 0 Å². The van der Waals surface area contributed by atoms with Crippen LogP contribution in [0.5, 0.6) is 0 Å². The highest BCUT2D eigenvalue weighted by molar-refractivity contribution is 7.94. The zero-order valence-electron chi connectivity index (χ0n) is 11.2. The van der Waals surface area contributed by atoms with Gasteiger partial charge in [-0.25, -0.2) is 8.42 Å². The molecule has 2 fully saturated rings. The van der Waals surface area contributed by atoms with E-state index in [0.29, 0.717) is 39.1 Å². The number of rotatable bonds is 3. The molecule has 7 heteroatoms. The Hall–Kier alpha value is -0.660. The van der Waals surface area contributed by atoms with Crippen molar-refractivity contribution in [1.29, 1.82) is 0 Å². The molecule has 19 heavy (non-hydrogen) atoms. The summed E-state index contributed by atoms with van der Waals surface area (Å²) in [7, 11) is -3.76. The van der Waals surface area contributed by atoms with Crippen molar-refractivity contribution in [1.82, 2.24) is 0 Å². The molecule has 0 aliphatic carbocycles. The molecule has 0 saturated carbocycles. The summed E-state index contributed by atoms with van der Waals surface area (Å²) in [6.07, 6.45) is 1.35. The van der Waals surface area contributed by atoms with E-state index in [2.05, 4.69) is 0 Å². The van der Waals surface area contributed by atoms with E-state index in [1.54, 1.807) is 0 Å². The second kappa shape index (κ2) is 4.71. The van der Waals surface area contributed by atoms with Gasteiger partial charge in [0, 0.05) is 19.6 Å². The number of carboxylic acids is 1. The maximum absolute atomic E-state index is 12.5. The van der Waals surface area contributed by atoms with Crippen molar-refractivity contribution < 1.29 is 27.8 Å². The Balaban J connectivity index is 2.24. The Labute approximate surface area is 113 Å². The summed E-state index contributed by atoms with van der Waals surface area (Å²) < 4.78 is 34.2. The van der Waals surface area contributed by atoms with Crippen molar-refractivity contribution in [2.45, 2.75) is 48.7 Å². The SMILES string of the molecule is CC(C)(C(=O)O)S(=O)(=O)C1CCOC2(CCOC2)C1. The summed E-state index contributed by atoms with van der Waals surface area (Å²) in [5, 5.41) is 8.46. The molecular formula is C12H20O6S. The fourth-order valence-electron chi connectivity index (χ4n) is 2.65. The molecule has 2 heterocycles. The molecule has 0 aromatic rings. The third-order valence-electron chi connectivity index (χ3n) is 4.18. The molecular weight excluding hydrogens is 272 g/mol. The van der Waals surface area contributed by atoms with Crippen LogP contribution in [0.4, 0.5) is 0 Å². The number of aliphatic carboxylic acids is 1. The first kappa shape index (κ1) is 14.7. The Morgan fingerprint density at radius 3 is 2.58 bits per heavy atom. The lowest BCUT2D eigenvalue weighted by Gasteiger charge is -2.38. The van der Waals surface area contributed by atoms with Crippen molar-refractivity contribution in [3.05, 3.63) is 0 Å². The lowest BCUT2D eigenvalue weighted by Crippen LogP contribution is -2.52. The molecule has 6 nitrogen and oxygen atoms in total. The summed E-state index contributed by atoms with van der Waals surface area (Å²) in [5.74, 6) is -1.31. The van der Waals surface area contributed by atoms with Crippen molar-refractivity contribution >= 4 is 15.8 Å². The molecule has 1 spiro atoms. The Kier molecular flexibility index (Phi) is 3.66. The summed E-state index contributed by atoms with van der Waals surface area (Å²) >= 11 is 0. The maximum atomic E-state index is 12.5. The summed E-state index contributed by atoms with van der Waals surface area (Å²) in [4.78, 5) is 11.2. The second-order valence-corrected chi connectivity index (χ2v) is 8.59. The standard InChI is InChI=1S/C12H20O6S/c1-11(2,10(13)14)19(15,16)9-3-5-18-12(7-9)4-6-17-8-12/h9H,3-8H2,1-2H3,(H,13,14). The van der Waals surface area contributed by atoms with Gasteiger partial charge in [-0.15, -0.1) is 0 Å². The third kappa shape index (κ3) is 2.39. The van der Waals surface area contributed by atoms with E-state index < -0.39 is 31.4 Å². The molecule has 2 atom stereocenters. The van der Waals surface area contributed by atoms with Gasteiger partial charge in [0.2, 0.25) is 0 Å². The molecule has 2 rings (SSSR count). The highest BCUT2D eigenvalue weighted by Gasteiger charge is 2.51. The zero-order valence-corrected chi connectivity index (χ0v) is 12.0. The summed E-state index contributed by atoms with van der Waals surface area (Å²) in [6, 6.07) is 0. The van der Waals surface area contributed by atoms with Gasteiger partial charge in [-0.1, -0.05) is 0 Å². The molecule has 2 unspecified atom stereocenters. The number of carboxylic acid groups (broad SMARTS) is 1. The first-order valence-electron chi connectivity index (χ1n) is 6.40. The highest BCUT2D eigenvalue weighted by Crippen LogP contribution is 2.38. The number of hydrogen-bond acceptors (Lipinski definition) is 5. The fourth-order valence-corrected chi connectivity index (χ4v) is 4.66. The summed E-state index contributed by atoms with van der Waals surface area (Å²) in [6.45, 7) is 3.79. The van der Waals surface area contributed by atoms with Gasteiger partial charge < -0.3 is 14.6 Å². The van der Waals surface area contributed by atoms with Gasteiger partial charge >= 0.3 is 5.97 Å². The molecule has 2 saturated heterocycles. The smallest absolute Gasteiger partial charge is 0.324 e. The van der Waals surface area contributed by atoms with Crippen LogP contribution in [0.2, 0.25) is 0 Å². The van der Waals surface area contributed by atoms with E-state index in [1.165, 1.54) is 13.8 Å². The van der Waals surface area contributed by atoms with E-state index in [4.69, 9.17) is 14.6 Å². The Bertz CT molecular complexity index is 461. The molecule has 0 bridgehead atoms. The van der Waals surface area contributed by atoms with Crippen molar-refractivity contribution in [3.63, 3.8) is 0 Å². The predicted octanol–water partition coefficient (Wildman–Crippen LogP) is 0.602. The van der Waals surface area contributed by atoms with Crippen molar-refractivity contribution in [3.8, 4) is 0 Å². The minimum Gasteiger partial charge on any atom is -0.480 e. The van der Waals surface area contributed by atoms with E-state index in [1.807, 2.05) is 0 Å². The lowest BCUT2D eigenvalue weighted by atomic mass is 9.93. The largest absolute Gasteiger partial charge is 0.480 e. The third-order valence-corrected chi connectivity index (χ3v) is 7.06. The topological polar surface area (TPSA) is 89.9 Å². The average Bonchev–Trinajstić information content (AvgIpc) is 2.76. The number of ether oxygens (including phenoxy) is 2. The van der Waals surface area contributed by atoms with Crippen LogP contribution in [0.3, 0.4) is 0 Å². The van der Waals surface area contributed by atoms with Gasteiger partial charge in [0.1, 0.15) is 0 Å². The van der Waals surface area contributed by atoms with Gasteiger partial charge in [0.15, 0.2) is 14.6 Å². The van der Waals surface area contributed by atoms with Crippen LogP contribution in [-0.2, 0) is 24.1 Å². The minimum absolute atomic E-state index is 0.325. The normalized spacial score (nSPS) is 32.6. The number of carbonyl (C=O) groups is 1. The predicted molar refractivity (Wildman–Crippen MR) is 67.8 cm³/mol. The van der Waals surface area contributed by atoms with E-state index in [9.17, 15) is 13.2 Å². The summed E-state index contributed by atoms with van der Waals surface area (Å²) in [5.41, 5.74) is -0.537. The molecule has 0 radical (unpaired) electrons. The maximum Gasteiger partial charge on any atom is 0.324 e. The Morgan fingerprint density at radius 2 is 2.05 bits per heavy atom. The van der Waals surface area contributed by atoms with Crippen LogP contribution >= 0.6 is 0 Å². The molecule has 110 valence electrons. The molecule has 2 aliphatic rings. The van der Waals surface area contributed by atoms with E-state index >= 15 is 0 Å². The van der Waals surface area contributed by atoms with Crippen LogP contribution in [0.25, 0.3) is 0 Å². The number of sulfone groups is 1.